The van der Waals surface area contributed by atoms with Gasteiger partial charge in [0.05, 0.1) is 17.4 Å². The van der Waals surface area contributed by atoms with Gasteiger partial charge in [-0.25, -0.2) is 15.0 Å². The Morgan fingerprint density at radius 1 is 1.14 bits per heavy atom. The highest BCUT2D eigenvalue weighted by Crippen LogP contribution is 2.31. The van der Waals surface area contributed by atoms with E-state index in [1.807, 2.05) is 64.5 Å². The number of nitrogens with zero attached hydrogens (tertiary/aromatic N) is 7. The molecule has 10 nitrogen and oxygen atoms in total. The van der Waals surface area contributed by atoms with Gasteiger partial charge >= 0.3 is 0 Å². The third-order valence-corrected chi connectivity index (χ3v) is 5.90. The first-order valence-electron chi connectivity index (χ1n) is 11.7. The monoisotopic (exact) mass is 484 g/mol. The van der Waals surface area contributed by atoms with Crippen LogP contribution in [0.2, 0.25) is 0 Å². The fourth-order valence-electron chi connectivity index (χ4n) is 4.06. The Labute approximate surface area is 208 Å². The third-order valence-electron chi connectivity index (χ3n) is 5.90. The number of ether oxygens (including phenoxy) is 1. The van der Waals surface area contributed by atoms with E-state index in [4.69, 9.17) is 4.74 Å². The largest absolute Gasteiger partial charge is 0.483 e. The van der Waals surface area contributed by atoms with E-state index in [0.29, 0.717) is 35.0 Å². The first-order chi connectivity index (χ1) is 17.2. The van der Waals surface area contributed by atoms with E-state index in [-0.39, 0.29) is 11.6 Å². The van der Waals surface area contributed by atoms with Crippen LogP contribution in [0.25, 0.3) is 28.0 Å². The van der Waals surface area contributed by atoms with Crippen molar-refractivity contribution >= 4 is 28.8 Å². The number of aromatic nitrogens is 6. The zero-order chi connectivity index (χ0) is 25.4. The molecule has 3 aromatic heterocycles. The predicted octanol–water partition coefficient (Wildman–Crippen LogP) is 3.60. The zero-order valence-corrected chi connectivity index (χ0v) is 20.9. The molecule has 0 aliphatic carbocycles. The summed E-state index contributed by atoms with van der Waals surface area (Å²) in [6.45, 7) is 6.00. The van der Waals surface area contributed by atoms with Crippen LogP contribution < -0.4 is 15.6 Å². The fraction of sp³-hybridized carbons (Fsp3) is 0.308. The summed E-state index contributed by atoms with van der Waals surface area (Å²) in [5.74, 6) is 1.53. The van der Waals surface area contributed by atoms with Crippen LogP contribution in [0.5, 0.6) is 5.75 Å². The van der Waals surface area contributed by atoms with Crippen LogP contribution in [0.4, 0.5) is 5.95 Å². The van der Waals surface area contributed by atoms with E-state index in [9.17, 15) is 4.79 Å². The van der Waals surface area contributed by atoms with Gasteiger partial charge in [-0.2, -0.15) is 5.10 Å². The van der Waals surface area contributed by atoms with E-state index in [1.165, 1.54) is 10.8 Å². The number of nitrogens with one attached hydrogen (secondary N) is 1. The lowest BCUT2D eigenvalue weighted by atomic mass is 9.97. The van der Waals surface area contributed by atoms with E-state index >= 15 is 0 Å². The van der Waals surface area contributed by atoms with Gasteiger partial charge in [-0.3, -0.25) is 19.0 Å². The summed E-state index contributed by atoms with van der Waals surface area (Å²) >= 11 is 0. The predicted molar refractivity (Wildman–Crippen MR) is 140 cm³/mol. The van der Waals surface area contributed by atoms with Gasteiger partial charge in [-0.05, 0) is 45.0 Å². The summed E-state index contributed by atoms with van der Waals surface area (Å²) in [4.78, 5) is 30.9. The molecule has 0 spiro atoms. The minimum atomic E-state index is -0.564. The second-order valence-electron chi connectivity index (χ2n) is 9.44. The van der Waals surface area contributed by atoms with Crippen LogP contribution in [-0.4, -0.2) is 47.2 Å². The third kappa shape index (κ3) is 4.61. The average molecular weight is 485 g/mol. The van der Waals surface area contributed by atoms with Crippen LogP contribution >= 0.6 is 0 Å². The molecule has 4 heterocycles. The molecule has 184 valence electrons. The summed E-state index contributed by atoms with van der Waals surface area (Å²) in [5.41, 5.74) is 2.05. The second-order valence-corrected chi connectivity index (χ2v) is 9.44. The van der Waals surface area contributed by atoms with Crippen molar-refractivity contribution < 1.29 is 4.74 Å². The van der Waals surface area contributed by atoms with Gasteiger partial charge in [-0.15, -0.1) is 0 Å². The van der Waals surface area contributed by atoms with Crippen molar-refractivity contribution in [3.8, 4) is 17.1 Å². The van der Waals surface area contributed by atoms with Gasteiger partial charge in [0.25, 0.3) is 5.56 Å². The molecule has 36 heavy (non-hydrogen) atoms. The molecule has 4 aromatic rings. The van der Waals surface area contributed by atoms with Crippen molar-refractivity contribution in [1.29, 1.82) is 0 Å². The number of hydrogen-bond acceptors (Lipinski definition) is 8. The normalized spacial score (nSPS) is 17.4. The highest BCUT2D eigenvalue weighted by atomic mass is 16.5. The molecule has 1 N–H and O–H groups in total. The van der Waals surface area contributed by atoms with Gasteiger partial charge in [0.1, 0.15) is 16.9 Å². The van der Waals surface area contributed by atoms with Crippen molar-refractivity contribution in [2.45, 2.75) is 38.8 Å². The molecular weight excluding hydrogens is 456 g/mol. The number of anilines is 1. The molecule has 0 radical (unpaired) electrons. The lowest BCUT2D eigenvalue weighted by molar-refractivity contribution is 0.149. The first-order valence-corrected chi connectivity index (χ1v) is 11.7. The van der Waals surface area contributed by atoms with Gasteiger partial charge in [0.15, 0.2) is 5.82 Å². The molecule has 0 fully saturated rings. The maximum absolute atomic E-state index is 12.9. The summed E-state index contributed by atoms with van der Waals surface area (Å²) in [6, 6.07) is 5.80. The molecule has 0 bridgehead atoms. The maximum atomic E-state index is 12.9. The molecule has 1 aliphatic heterocycles. The molecule has 10 heteroatoms. The minimum Gasteiger partial charge on any atom is -0.483 e. The van der Waals surface area contributed by atoms with E-state index in [2.05, 4.69) is 30.4 Å². The highest BCUT2D eigenvalue weighted by molar-refractivity contribution is 5.81. The van der Waals surface area contributed by atoms with Gasteiger partial charge in [0, 0.05) is 62.3 Å². The Kier molecular flexibility index (Phi) is 5.87. The van der Waals surface area contributed by atoms with Crippen molar-refractivity contribution in [3.05, 3.63) is 65.0 Å². The first kappa shape index (κ1) is 23.4. The number of hydrogen-bond donors (Lipinski definition) is 1. The van der Waals surface area contributed by atoms with Crippen LogP contribution in [0.3, 0.4) is 0 Å². The standard InChI is InChI=1S/C26H28N8O2/c1-16(2)31-25-29-14-20(24(35)34(25)5)23-28-12-17-10-19(6-7-21(17)32-23)36-26(3)8-9-27-22(11-26)18-13-30-33(4)15-18/h6-7,9-16H,8H2,1-5H3,(H,29,31). The summed E-state index contributed by atoms with van der Waals surface area (Å²) < 4.78 is 9.61. The Morgan fingerprint density at radius 3 is 2.72 bits per heavy atom. The Balaban J connectivity index is 1.41. The average Bonchev–Trinajstić information content (AvgIpc) is 3.28. The molecular formula is C26H28N8O2. The molecule has 0 amide bonds. The van der Waals surface area contributed by atoms with Crippen LogP contribution in [0, 0.1) is 0 Å². The van der Waals surface area contributed by atoms with E-state index in [1.54, 1.807) is 24.1 Å². The summed E-state index contributed by atoms with van der Waals surface area (Å²) in [5, 5.41) is 8.20. The Morgan fingerprint density at radius 2 is 1.97 bits per heavy atom. The number of aliphatic imine (C=N–C) groups is 1. The van der Waals surface area contributed by atoms with E-state index < -0.39 is 5.60 Å². The molecule has 1 aromatic carbocycles. The number of rotatable bonds is 6. The number of benzene rings is 1. The van der Waals surface area contributed by atoms with Gasteiger partial charge in [0.2, 0.25) is 5.95 Å². The molecule has 1 aliphatic rings. The summed E-state index contributed by atoms with van der Waals surface area (Å²) in [7, 11) is 3.56. The fourth-order valence-corrected chi connectivity index (χ4v) is 4.06. The second kappa shape index (κ2) is 9.03. The van der Waals surface area contributed by atoms with Crippen LogP contribution in [0.15, 0.2) is 58.8 Å². The smallest absolute Gasteiger partial charge is 0.265 e. The minimum absolute atomic E-state index is 0.155. The van der Waals surface area contributed by atoms with E-state index in [0.717, 1.165) is 16.6 Å². The zero-order valence-electron chi connectivity index (χ0n) is 20.9. The van der Waals surface area contributed by atoms with Gasteiger partial charge in [-0.1, -0.05) is 0 Å². The molecule has 0 saturated heterocycles. The van der Waals surface area contributed by atoms with Crippen molar-refractivity contribution in [2.24, 2.45) is 19.1 Å². The van der Waals surface area contributed by atoms with Gasteiger partial charge < -0.3 is 10.1 Å². The highest BCUT2D eigenvalue weighted by Gasteiger charge is 2.27. The summed E-state index contributed by atoms with van der Waals surface area (Å²) in [6.07, 6.45) is 11.5. The quantitative estimate of drug-likeness (QED) is 0.445. The maximum Gasteiger partial charge on any atom is 0.265 e. The van der Waals surface area contributed by atoms with Crippen LogP contribution in [-0.2, 0) is 14.1 Å². The molecule has 0 saturated carbocycles. The Hall–Kier alpha value is -4.34. The Bertz CT molecular complexity index is 1570. The van der Waals surface area contributed by atoms with Crippen molar-refractivity contribution in [2.75, 3.05) is 5.32 Å². The van der Waals surface area contributed by atoms with Crippen molar-refractivity contribution in [1.82, 2.24) is 29.3 Å². The topological polar surface area (TPSA) is 112 Å². The van der Waals surface area contributed by atoms with Crippen LogP contribution in [0.1, 0.15) is 32.8 Å². The molecule has 5 rings (SSSR count). The molecule has 1 unspecified atom stereocenters. The molecule has 1 atom stereocenters. The van der Waals surface area contributed by atoms with Crippen molar-refractivity contribution in [3.63, 3.8) is 0 Å². The lowest BCUT2D eigenvalue weighted by Gasteiger charge is -2.29. The SMILES string of the molecule is CC(C)Nc1ncc(-c2ncc3cc(OC4(C)C=C(c5cnn(C)c5)N=CC4)ccc3n2)c(=O)n1C. The number of fused-ring (bicyclic) bond motifs is 1. The number of aryl methyl sites for hydroxylation is 1. The lowest BCUT2D eigenvalue weighted by Crippen LogP contribution is -2.32.